The van der Waals surface area contributed by atoms with Crippen LogP contribution >= 0.6 is 0 Å². The predicted octanol–water partition coefficient (Wildman–Crippen LogP) is -0.734. The molecule has 1 aliphatic heterocycles. The lowest BCUT2D eigenvalue weighted by Crippen LogP contribution is -2.41. The minimum Gasteiger partial charge on any atom is -0.426 e. The van der Waals surface area contributed by atoms with Gasteiger partial charge in [0.2, 0.25) is 12.0 Å². The molecule has 2 amide bonds. The number of amides is 2. The van der Waals surface area contributed by atoms with E-state index >= 15 is 0 Å². The summed E-state index contributed by atoms with van der Waals surface area (Å²) in [6.07, 6.45) is -0.768. The van der Waals surface area contributed by atoms with Gasteiger partial charge in [0.25, 0.3) is 5.91 Å². The summed E-state index contributed by atoms with van der Waals surface area (Å²) in [4.78, 5) is 27.7. The minimum absolute atomic E-state index is 0.155. The molecule has 116 valence electrons. The van der Waals surface area contributed by atoms with E-state index in [1.807, 2.05) is 0 Å². The highest BCUT2D eigenvalue weighted by Gasteiger charge is 2.29. The Kier molecular flexibility index (Phi) is 5.13. The smallest absolute Gasteiger partial charge is 0.426 e. The highest BCUT2D eigenvalue weighted by atomic mass is 16.6. The molecular weight excluding hydrogens is 289 g/mol. The van der Waals surface area contributed by atoms with Crippen LogP contribution in [0, 0.1) is 0 Å². The molecule has 0 bridgehead atoms. The fourth-order valence-corrected chi connectivity index (χ4v) is 1.94. The van der Waals surface area contributed by atoms with E-state index in [2.05, 4.69) is 15.8 Å². The fraction of sp³-hybridized carbons (Fsp3) is 0.308. The Bertz CT molecular complexity index is 588. The number of anilines is 1. The molecule has 1 unspecified atom stereocenters. The Morgan fingerprint density at radius 3 is 2.64 bits per heavy atom. The Balaban J connectivity index is 1.92. The molecule has 9 heteroatoms. The first kappa shape index (κ1) is 16.0. The van der Waals surface area contributed by atoms with Gasteiger partial charge in [0.15, 0.2) is 0 Å². The average molecular weight is 305 g/mol. The zero-order valence-corrected chi connectivity index (χ0v) is 11.9. The highest BCUT2D eigenvalue weighted by molar-refractivity contribution is 6.41. The Labute approximate surface area is 127 Å². The van der Waals surface area contributed by atoms with Gasteiger partial charge in [-0.2, -0.15) is 0 Å². The summed E-state index contributed by atoms with van der Waals surface area (Å²) in [6, 6.07) is 7.00. The number of hydrogen-bond acceptors (Lipinski definition) is 6. The number of oxime groups is 1. The third-order valence-electron chi connectivity index (χ3n) is 2.96. The molecule has 0 saturated carbocycles. The molecular formula is C13H16BN3O5. The third kappa shape index (κ3) is 4.30. The summed E-state index contributed by atoms with van der Waals surface area (Å²) in [6.45, 7) is 1.43. The van der Waals surface area contributed by atoms with Gasteiger partial charge in [-0.15, -0.1) is 0 Å². The quantitative estimate of drug-likeness (QED) is 0.534. The van der Waals surface area contributed by atoms with E-state index in [0.717, 1.165) is 5.56 Å². The largest absolute Gasteiger partial charge is 0.472 e. The Morgan fingerprint density at radius 2 is 2.05 bits per heavy atom. The van der Waals surface area contributed by atoms with Crippen molar-refractivity contribution < 1.29 is 24.5 Å². The van der Waals surface area contributed by atoms with Crippen molar-refractivity contribution >= 4 is 30.3 Å². The second kappa shape index (κ2) is 7.05. The fourth-order valence-electron chi connectivity index (χ4n) is 1.94. The van der Waals surface area contributed by atoms with Gasteiger partial charge < -0.3 is 25.5 Å². The first-order chi connectivity index (χ1) is 10.5. The van der Waals surface area contributed by atoms with E-state index in [9.17, 15) is 9.59 Å². The molecule has 0 spiro atoms. The van der Waals surface area contributed by atoms with E-state index in [1.54, 1.807) is 24.3 Å². The van der Waals surface area contributed by atoms with Crippen LogP contribution in [-0.2, 0) is 14.4 Å². The molecule has 0 aliphatic carbocycles. The van der Waals surface area contributed by atoms with Gasteiger partial charge >= 0.3 is 7.12 Å². The zero-order chi connectivity index (χ0) is 16.1. The van der Waals surface area contributed by atoms with Crippen LogP contribution in [0.2, 0.25) is 0 Å². The zero-order valence-electron chi connectivity index (χ0n) is 11.9. The van der Waals surface area contributed by atoms with Crippen molar-refractivity contribution in [1.82, 2.24) is 5.32 Å². The lowest BCUT2D eigenvalue weighted by atomic mass is 9.92. The van der Waals surface area contributed by atoms with Crippen molar-refractivity contribution in [3.05, 3.63) is 29.8 Å². The van der Waals surface area contributed by atoms with Crippen LogP contribution in [-0.4, -0.2) is 47.2 Å². The average Bonchev–Trinajstić information content (AvgIpc) is 2.94. The maximum atomic E-state index is 11.7. The van der Waals surface area contributed by atoms with Gasteiger partial charge in [-0.3, -0.25) is 9.59 Å². The number of hydrogen-bond donors (Lipinski definition) is 4. The minimum atomic E-state index is -1.60. The summed E-state index contributed by atoms with van der Waals surface area (Å²) in [7, 11) is -1.60. The molecule has 8 nitrogen and oxygen atoms in total. The number of benzene rings is 1. The van der Waals surface area contributed by atoms with Crippen molar-refractivity contribution in [2.45, 2.75) is 19.4 Å². The van der Waals surface area contributed by atoms with E-state index < -0.39 is 19.1 Å². The molecule has 0 aromatic heterocycles. The van der Waals surface area contributed by atoms with Crippen LogP contribution in [0.25, 0.3) is 0 Å². The second-order valence-corrected chi connectivity index (χ2v) is 4.82. The van der Waals surface area contributed by atoms with E-state index in [0.29, 0.717) is 11.4 Å². The first-order valence-corrected chi connectivity index (χ1v) is 6.70. The second-order valence-electron chi connectivity index (χ2n) is 4.82. The first-order valence-electron chi connectivity index (χ1n) is 6.70. The standard InChI is InChI=1S/C13H16BN3O5/c1-8(18)16-10-4-2-9(3-5-10)11-6-12(22-17-11)13(19)15-7-14(20)21/h2-5,12,20-21H,6-7H2,1H3,(H,15,19)(H,16,18). The SMILES string of the molecule is CC(=O)Nc1ccc(C2=NOC(C(=O)NCB(O)O)C2)cc1. The molecule has 1 aliphatic rings. The number of carbonyl (C=O) groups is 2. The molecule has 1 aromatic carbocycles. The number of carbonyl (C=O) groups excluding carboxylic acids is 2. The molecule has 0 radical (unpaired) electrons. The van der Waals surface area contributed by atoms with Crippen LogP contribution in [0.15, 0.2) is 29.4 Å². The molecule has 1 atom stereocenters. The van der Waals surface area contributed by atoms with Crippen LogP contribution < -0.4 is 10.6 Å². The van der Waals surface area contributed by atoms with Crippen LogP contribution in [0.1, 0.15) is 18.9 Å². The monoisotopic (exact) mass is 305 g/mol. The lowest BCUT2D eigenvalue weighted by Gasteiger charge is -2.08. The van der Waals surface area contributed by atoms with Crippen molar-refractivity contribution in [1.29, 1.82) is 0 Å². The van der Waals surface area contributed by atoms with Crippen molar-refractivity contribution in [3.63, 3.8) is 0 Å². The van der Waals surface area contributed by atoms with E-state index in [1.165, 1.54) is 6.92 Å². The molecule has 0 fully saturated rings. The molecule has 4 N–H and O–H groups in total. The number of nitrogens with one attached hydrogen (secondary N) is 2. The summed E-state index contributed by atoms with van der Waals surface area (Å²) >= 11 is 0. The van der Waals surface area contributed by atoms with Crippen LogP contribution in [0.3, 0.4) is 0 Å². The Morgan fingerprint density at radius 1 is 1.36 bits per heavy atom. The topological polar surface area (TPSA) is 120 Å². The summed E-state index contributed by atoms with van der Waals surface area (Å²) in [5.41, 5.74) is 2.06. The molecule has 22 heavy (non-hydrogen) atoms. The third-order valence-corrected chi connectivity index (χ3v) is 2.96. The van der Waals surface area contributed by atoms with E-state index in [4.69, 9.17) is 14.9 Å². The molecule has 1 heterocycles. The van der Waals surface area contributed by atoms with Crippen LogP contribution in [0.4, 0.5) is 5.69 Å². The summed E-state index contributed by atoms with van der Waals surface area (Å²) in [5.74, 6) is -0.612. The van der Waals surface area contributed by atoms with Gasteiger partial charge in [-0.25, -0.2) is 0 Å². The molecule has 1 aromatic rings. The summed E-state index contributed by atoms with van der Waals surface area (Å²) < 4.78 is 0. The lowest BCUT2D eigenvalue weighted by molar-refractivity contribution is -0.130. The predicted molar refractivity (Wildman–Crippen MR) is 80.0 cm³/mol. The molecule has 2 rings (SSSR count). The maximum Gasteiger partial charge on any atom is 0.472 e. The molecule has 0 saturated heterocycles. The van der Waals surface area contributed by atoms with Gasteiger partial charge in [0.1, 0.15) is 0 Å². The van der Waals surface area contributed by atoms with Gasteiger partial charge in [-0.1, -0.05) is 17.3 Å². The van der Waals surface area contributed by atoms with Crippen molar-refractivity contribution in [2.24, 2.45) is 5.16 Å². The van der Waals surface area contributed by atoms with Crippen molar-refractivity contribution in [3.8, 4) is 0 Å². The normalized spacial score (nSPS) is 16.5. The number of rotatable bonds is 5. The van der Waals surface area contributed by atoms with Crippen LogP contribution in [0.5, 0.6) is 0 Å². The van der Waals surface area contributed by atoms with E-state index in [-0.39, 0.29) is 18.8 Å². The Hall–Kier alpha value is -2.39. The highest BCUT2D eigenvalue weighted by Crippen LogP contribution is 2.18. The maximum absolute atomic E-state index is 11.7. The van der Waals surface area contributed by atoms with Gasteiger partial charge in [0.05, 0.1) is 12.2 Å². The number of nitrogens with zero attached hydrogens (tertiary/aromatic N) is 1. The van der Waals surface area contributed by atoms with Crippen molar-refractivity contribution in [2.75, 3.05) is 11.8 Å². The van der Waals surface area contributed by atoms with Gasteiger partial charge in [0, 0.05) is 19.0 Å². The summed E-state index contributed by atoms with van der Waals surface area (Å²) in [5, 5.41) is 26.3. The van der Waals surface area contributed by atoms with Gasteiger partial charge in [-0.05, 0) is 17.7 Å².